The monoisotopic (exact) mass is 345 g/mol. The van der Waals surface area contributed by atoms with Crippen molar-refractivity contribution in [3.63, 3.8) is 0 Å². The van der Waals surface area contributed by atoms with Crippen LogP contribution >= 0.6 is 23.4 Å². The number of thioether (sulfide) groups is 1. The van der Waals surface area contributed by atoms with Gasteiger partial charge in [0.1, 0.15) is 5.04 Å². The number of rotatable bonds is 6. The molecule has 1 aromatic rings. The van der Waals surface area contributed by atoms with Crippen LogP contribution in [0.3, 0.4) is 0 Å². The van der Waals surface area contributed by atoms with Gasteiger partial charge < -0.3 is 19.0 Å². The molecule has 0 amide bonds. The van der Waals surface area contributed by atoms with Crippen molar-refractivity contribution in [3.8, 4) is 17.2 Å². The van der Waals surface area contributed by atoms with Crippen molar-refractivity contribution in [2.75, 3.05) is 27.2 Å². The minimum atomic E-state index is -0.390. The van der Waals surface area contributed by atoms with Gasteiger partial charge in [-0.2, -0.15) is 0 Å². The lowest BCUT2D eigenvalue weighted by Gasteiger charge is -2.16. The Hall–Kier alpha value is -1.27. The Bertz CT molecular complexity index is 541. The number of halogens is 1. The molecule has 7 heteroatoms. The molecule has 0 aromatic heterocycles. The van der Waals surface area contributed by atoms with Crippen molar-refractivity contribution in [1.82, 2.24) is 0 Å². The standard InChI is InChI=1S/C15H20ClNO4S/c1-15(9-16)7-13(17-21-15)22-8-10-5-11(18-2)14(20-4)12(6-10)19-3/h5-6H,7-9H2,1-4H3. The van der Waals surface area contributed by atoms with Gasteiger partial charge in [-0.15, -0.1) is 23.4 Å². The number of nitrogens with zero attached hydrogens (tertiary/aromatic N) is 1. The van der Waals surface area contributed by atoms with Crippen molar-refractivity contribution in [3.05, 3.63) is 17.7 Å². The molecule has 0 N–H and O–H groups in total. The van der Waals surface area contributed by atoms with Crippen LogP contribution in [-0.2, 0) is 10.6 Å². The summed E-state index contributed by atoms with van der Waals surface area (Å²) >= 11 is 7.51. The fraction of sp³-hybridized carbons (Fsp3) is 0.533. The minimum absolute atomic E-state index is 0.390. The normalized spacial score (nSPS) is 20.3. The summed E-state index contributed by atoms with van der Waals surface area (Å²) in [4.78, 5) is 5.38. The molecule has 0 bridgehead atoms. The SMILES string of the molecule is COc1cc(CSC2=NOC(C)(CCl)C2)cc(OC)c1OC. The lowest BCUT2D eigenvalue weighted by atomic mass is 10.1. The van der Waals surface area contributed by atoms with E-state index >= 15 is 0 Å². The largest absolute Gasteiger partial charge is 0.493 e. The van der Waals surface area contributed by atoms with Gasteiger partial charge in [-0.25, -0.2) is 0 Å². The Labute approximate surface area is 139 Å². The summed E-state index contributed by atoms with van der Waals surface area (Å²) < 4.78 is 16.0. The molecular weight excluding hydrogens is 326 g/mol. The van der Waals surface area contributed by atoms with E-state index in [4.69, 9.17) is 30.6 Å². The highest BCUT2D eigenvalue weighted by atomic mass is 35.5. The number of methoxy groups -OCH3 is 3. The van der Waals surface area contributed by atoms with Crippen molar-refractivity contribution in [1.29, 1.82) is 0 Å². The maximum atomic E-state index is 5.89. The average Bonchev–Trinajstić information content (AvgIpc) is 2.93. The topological polar surface area (TPSA) is 49.3 Å². The van der Waals surface area contributed by atoms with Gasteiger partial charge in [-0.3, -0.25) is 0 Å². The van der Waals surface area contributed by atoms with Crippen LogP contribution in [0.4, 0.5) is 0 Å². The molecule has 1 aromatic carbocycles. The molecule has 1 aliphatic rings. The Morgan fingerprint density at radius 3 is 2.32 bits per heavy atom. The Kier molecular flexibility index (Phi) is 5.69. The van der Waals surface area contributed by atoms with Crippen LogP contribution in [0.5, 0.6) is 17.2 Å². The quantitative estimate of drug-likeness (QED) is 0.736. The third kappa shape index (κ3) is 3.73. The predicted molar refractivity (Wildman–Crippen MR) is 89.7 cm³/mol. The van der Waals surface area contributed by atoms with E-state index in [-0.39, 0.29) is 5.60 Å². The summed E-state index contributed by atoms with van der Waals surface area (Å²) in [6.45, 7) is 1.95. The van der Waals surface area contributed by atoms with Crippen LogP contribution in [0.15, 0.2) is 17.3 Å². The van der Waals surface area contributed by atoms with Crippen LogP contribution in [0.2, 0.25) is 0 Å². The molecule has 0 spiro atoms. The van der Waals surface area contributed by atoms with Gasteiger partial charge >= 0.3 is 0 Å². The fourth-order valence-corrected chi connectivity index (χ4v) is 3.22. The molecule has 0 saturated carbocycles. The molecule has 0 saturated heterocycles. The first-order valence-electron chi connectivity index (χ1n) is 6.78. The molecular formula is C15H20ClNO4S. The van der Waals surface area contributed by atoms with Crippen LogP contribution in [-0.4, -0.2) is 37.9 Å². The van der Waals surface area contributed by atoms with Crippen LogP contribution < -0.4 is 14.2 Å². The number of hydrogen-bond donors (Lipinski definition) is 0. The molecule has 22 heavy (non-hydrogen) atoms. The Balaban J connectivity index is 2.08. The number of oxime groups is 1. The Morgan fingerprint density at radius 1 is 1.23 bits per heavy atom. The number of alkyl halides is 1. The maximum absolute atomic E-state index is 5.89. The van der Waals surface area contributed by atoms with Gasteiger partial charge in [0.2, 0.25) is 5.75 Å². The van der Waals surface area contributed by atoms with Gasteiger partial charge in [-0.1, -0.05) is 5.16 Å². The summed E-state index contributed by atoms with van der Waals surface area (Å²) in [6, 6.07) is 3.87. The third-order valence-corrected chi connectivity index (χ3v) is 4.90. The van der Waals surface area contributed by atoms with E-state index in [1.54, 1.807) is 33.1 Å². The molecule has 122 valence electrons. The zero-order chi connectivity index (χ0) is 16.2. The van der Waals surface area contributed by atoms with Crippen LogP contribution in [0.1, 0.15) is 18.9 Å². The lowest BCUT2D eigenvalue weighted by molar-refractivity contribution is 0.0152. The van der Waals surface area contributed by atoms with Crippen LogP contribution in [0, 0.1) is 0 Å². The van der Waals surface area contributed by atoms with Crippen LogP contribution in [0.25, 0.3) is 0 Å². The van der Waals surface area contributed by atoms with E-state index in [9.17, 15) is 0 Å². The average molecular weight is 346 g/mol. The van der Waals surface area contributed by atoms with E-state index in [2.05, 4.69) is 5.16 Å². The zero-order valence-electron chi connectivity index (χ0n) is 13.1. The molecule has 2 rings (SSSR count). The van der Waals surface area contributed by atoms with Gasteiger partial charge in [0.15, 0.2) is 17.1 Å². The molecule has 1 atom stereocenters. The summed E-state index contributed by atoms with van der Waals surface area (Å²) in [5, 5.41) is 5.04. The van der Waals surface area contributed by atoms with Crippen molar-refractivity contribution in [2.45, 2.75) is 24.7 Å². The molecule has 1 aliphatic heterocycles. The molecule has 5 nitrogen and oxygen atoms in total. The summed E-state index contributed by atoms with van der Waals surface area (Å²) in [5.74, 6) is 3.04. The highest BCUT2D eigenvalue weighted by Crippen LogP contribution is 2.39. The van der Waals surface area contributed by atoms with Crippen molar-refractivity contribution >= 4 is 28.4 Å². The van der Waals surface area contributed by atoms with Crippen molar-refractivity contribution < 1.29 is 19.0 Å². The van der Waals surface area contributed by atoms with Crippen molar-refractivity contribution in [2.24, 2.45) is 5.16 Å². The number of ether oxygens (including phenoxy) is 3. The highest BCUT2D eigenvalue weighted by Gasteiger charge is 2.33. The van der Waals surface area contributed by atoms with Gasteiger partial charge in [0.25, 0.3) is 0 Å². The fourth-order valence-electron chi connectivity index (χ4n) is 2.08. The molecule has 0 aliphatic carbocycles. The third-order valence-electron chi connectivity index (χ3n) is 3.31. The maximum Gasteiger partial charge on any atom is 0.203 e. The summed E-state index contributed by atoms with van der Waals surface area (Å²) in [7, 11) is 4.80. The Morgan fingerprint density at radius 2 is 1.86 bits per heavy atom. The first-order valence-corrected chi connectivity index (χ1v) is 8.30. The second kappa shape index (κ2) is 7.33. The summed E-state index contributed by atoms with van der Waals surface area (Å²) in [5.41, 5.74) is 0.667. The van der Waals surface area contributed by atoms with E-state index in [1.165, 1.54) is 0 Å². The van der Waals surface area contributed by atoms with Gasteiger partial charge in [0.05, 0.1) is 27.2 Å². The van der Waals surface area contributed by atoms with E-state index in [0.29, 0.717) is 23.1 Å². The van der Waals surface area contributed by atoms with E-state index in [1.807, 2.05) is 19.1 Å². The van der Waals surface area contributed by atoms with E-state index < -0.39 is 0 Å². The van der Waals surface area contributed by atoms with Gasteiger partial charge in [0, 0.05) is 12.2 Å². The molecule has 0 radical (unpaired) electrons. The molecule has 1 heterocycles. The smallest absolute Gasteiger partial charge is 0.203 e. The predicted octanol–water partition coefficient (Wildman–Crippen LogP) is 3.68. The molecule has 1 unspecified atom stereocenters. The number of hydrogen-bond acceptors (Lipinski definition) is 6. The van der Waals surface area contributed by atoms with Gasteiger partial charge in [-0.05, 0) is 24.6 Å². The zero-order valence-corrected chi connectivity index (χ0v) is 14.7. The first kappa shape index (κ1) is 17.1. The highest BCUT2D eigenvalue weighted by molar-refractivity contribution is 8.13. The number of benzene rings is 1. The second-order valence-electron chi connectivity index (χ2n) is 5.16. The second-order valence-corrected chi connectivity index (χ2v) is 6.47. The van der Waals surface area contributed by atoms with E-state index in [0.717, 1.165) is 22.8 Å². The summed E-state index contributed by atoms with van der Waals surface area (Å²) in [6.07, 6.45) is 0.728. The first-order chi connectivity index (χ1) is 10.5. The minimum Gasteiger partial charge on any atom is -0.493 e. The lowest BCUT2D eigenvalue weighted by Crippen LogP contribution is -2.26. The molecule has 0 fully saturated rings.